The van der Waals surface area contributed by atoms with Crippen LogP contribution in [0.1, 0.15) is 77.3 Å². The number of aliphatic hydroxyl groups is 1. The molecule has 1 aromatic rings. The molecule has 0 unspecified atom stereocenters. The van der Waals surface area contributed by atoms with Gasteiger partial charge in [-0.2, -0.15) is 0 Å². The van der Waals surface area contributed by atoms with Crippen LogP contribution in [0.25, 0.3) is 0 Å². The van der Waals surface area contributed by atoms with Gasteiger partial charge in [0.25, 0.3) is 0 Å². The third-order valence-corrected chi connectivity index (χ3v) is 11.4. The van der Waals surface area contributed by atoms with E-state index in [2.05, 4.69) is 39.2 Å². The number of phenolic OH excluding ortho intramolecular Hbond substituents is 1. The van der Waals surface area contributed by atoms with Gasteiger partial charge in [0, 0.05) is 23.9 Å². The van der Waals surface area contributed by atoms with Gasteiger partial charge in [0.1, 0.15) is 6.10 Å². The van der Waals surface area contributed by atoms with Crippen LogP contribution in [-0.4, -0.2) is 92.3 Å². The highest BCUT2D eigenvalue weighted by Gasteiger charge is 2.73. The molecule has 0 aromatic heterocycles. The van der Waals surface area contributed by atoms with Crippen LogP contribution in [-0.2, 0) is 31.2 Å². The van der Waals surface area contributed by atoms with E-state index in [4.69, 9.17) is 14.2 Å². The summed E-state index contributed by atoms with van der Waals surface area (Å²) in [4.78, 5) is 2.37. The number of benzene rings is 1. The van der Waals surface area contributed by atoms with E-state index in [1.165, 1.54) is 0 Å². The monoisotopic (exact) mass is 577 g/mol. The van der Waals surface area contributed by atoms with Gasteiger partial charge >= 0.3 is 0 Å². The molecule has 1 aromatic carbocycles. The molecular weight excluding hydrogens is 526 g/mol. The first-order valence-corrected chi connectivity index (χ1v) is 17.9. The third-order valence-electron chi connectivity index (χ3n) is 10.0. The van der Waals surface area contributed by atoms with Crippen molar-refractivity contribution in [1.29, 1.82) is 0 Å². The predicted molar refractivity (Wildman–Crippen MR) is 161 cm³/mol. The van der Waals surface area contributed by atoms with E-state index >= 15 is 0 Å². The molecule has 2 N–H and O–H groups in total. The number of hydrogen-bond donors (Lipinski definition) is 3. The van der Waals surface area contributed by atoms with Crippen molar-refractivity contribution in [3.63, 3.8) is 0 Å². The number of aromatic hydroxyl groups is 1. The van der Waals surface area contributed by atoms with Gasteiger partial charge in [-0.05, 0) is 103 Å². The molecule has 8 heteroatoms. The first-order chi connectivity index (χ1) is 18.6. The smallest absolute Gasteiger partial charge is 0.165 e. The van der Waals surface area contributed by atoms with Crippen LogP contribution >= 0.6 is 0 Å². The molecule has 2 aliphatic heterocycles. The van der Waals surface area contributed by atoms with Crippen molar-refractivity contribution in [2.24, 2.45) is 0 Å². The summed E-state index contributed by atoms with van der Waals surface area (Å²) >= 11 is 0. The van der Waals surface area contributed by atoms with Crippen LogP contribution in [0.2, 0.25) is 0 Å². The van der Waals surface area contributed by atoms with Crippen LogP contribution in [0.5, 0.6) is 11.5 Å². The normalized spacial score (nSPS) is 31.9. The van der Waals surface area contributed by atoms with E-state index < -0.39 is 26.5 Å². The van der Waals surface area contributed by atoms with E-state index in [-0.39, 0.29) is 29.6 Å². The van der Waals surface area contributed by atoms with Gasteiger partial charge in [-0.25, -0.2) is 0 Å². The zero-order valence-electron chi connectivity index (χ0n) is 25.4. The maximum atomic E-state index is 12.5. The first-order valence-electron chi connectivity index (χ1n) is 15.1. The number of piperidine rings is 1. The summed E-state index contributed by atoms with van der Waals surface area (Å²) < 4.78 is 31.9. The molecule has 2 aliphatic carbocycles. The second kappa shape index (κ2) is 10.4. The largest absolute Gasteiger partial charge is 0.504 e. The molecule has 7 nitrogen and oxygen atoms in total. The highest BCUT2D eigenvalue weighted by molar-refractivity contribution is 8.01. The van der Waals surface area contributed by atoms with E-state index in [9.17, 15) is 14.4 Å². The lowest BCUT2D eigenvalue weighted by Gasteiger charge is -2.64. The number of nitrogens with zero attached hydrogens (tertiary/aromatic N) is 1. The van der Waals surface area contributed by atoms with Gasteiger partial charge < -0.3 is 24.4 Å². The highest BCUT2D eigenvalue weighted by Crippen LogP contribution is 2.65. The van der Waals surface area contributed by atoms with E-state index in [1.807, 2.05) is 24.7 Å². The lowest BCUT2D eigenvalue weighted by atomic mass is 9.48. The van der Waals surface area contributed by atoms with Gasteiger partial charge in [0.2, 0.25) is 0 Å². The maximum absolute atomic E-state index is 12.5. The van der Waals surface area contributed by atoms with Crippen molar-refractivity contribution in [1.82, 2.24) is 4.90 Å². The van der Waals surface area contributed by atoms with E-state index in [1.54, 1.807) is 6.07 Å². The summed E-state index contributed by atoms with van der Waals surface area (Å²) in [5, 5.41) is 23.4. The minimum absolute atomic E-state index is 0.0211. The number of rotatable bonds is 12. The van der Waals surface area contributed by atoms with Crippen LogP contribution in [0.3, 0.4) is 0 Å². The SMILES string of the molecule is C=CCN1CC[C@]23c4c5ccc(O)c4O[C@H]2[C@@H](OC(C)(C)CCOC(C)(C)CCC[SH](C)(C)=O)CC[C@@]3(O)[C@H]1C5. The molecule has 5 atom stereocenters. The number of hydrogen-bond acceptors (Lipinski definition) is 7. The fraction of sp³-hybridized carbons (Fsp3) is 0.750. The maximum Gasteiger partial charge on any atom is 0.165 e. The molecule has 2 fully saturated rings. The Labute approximate surface area is 241 Å². The molecule has 0 radical (unpaired) electrons. The average molecular weight is 578 g/mol. The Balaban J connectivity index is 1.32. The van der Waals surface area contributed by atoms with Gasteiger partial charge in [0.05, 0.1) is 34.9 Å². The molecule has 226 valence electrons. The first kappa shape index (κ1) is 30.0. The van der Waals surface area contributed by atoms with E-state index in [0.717, 1.165) is 62.1 Å². The Hall–Kier alpha value is -1.45. The Morgan fingerprint density at radius 1 is 1.20 bits per heavy atom. The number of ether oxygens (including phenoxy) is 3. The summed E-state index contributed by atoms with van der Waals surface area (Å²) in [6.45, 7) is 14.5. The molecule has 0 amide bonds. The predicted octanol–water partition coefficient (Wildman–Crippen LogP) is 4.14. The quantitative estimate of drug-likeness (QED) is 0.254. The minimum Gasteiger partial charge on any atom is -0.504 e. The topological polar surface area (TPSA) is 88.5 Å². The molecule has 40 heavy (non-hydrogen) atoms. The Morgan fingerprint density at radius 3 is 2.65 bits per heavy atom. The molecule has 2 bridgehead atoms. The van der Waals surface area contributed by atoms with E-state index in [0.29, 0.717) is 25.2 Å². The fourth-order valence-corrected chi connectivity index (χ4v) is 9.01. The van der Waals surface area contributed by atoms with Gasteiger partial charge in [-0.1, -0.05) is 12.1 Å². The molecule has 1 saturated carbocycles. The summed E-state index contributed by atoms with van der Waals surface area (Å²) in [5.74, 6) is 1.43. The molecular formula is C32H51NO6S. The molecule has 1 spiro atoms. The van der Waals surface area contributed by atoms with Gasteiger partial charge in [-0.3, -0.25) is 9.11 Å². The second-order valence-corrected chi connectivity index (χ2v) is 17.9. The summed E-state index contributed by atoms with van der Waals surface area (Å²) in [6, 6.07) is 3.73. The van der Waals surface area contributed by atoms with Crippen molar-refractivity contribution in [2.45, 2.75) is 113 Å². The number of likely N-dealkylation sites (tertiary alicyclic amines) is 1. The van der Waals surface area contributed by atoms with Crippen LogP contribution in [0, 0.1) is 0 Å². The van der Waals surface area contributed by atoms with Crippen molar-refractivity contribution in [3.8, 4) is 11.5 Å². The Morgan fingerprint density at radius 2 is 1.95 bits per heavy atom. The number of thiol groups is 1. The van der Waals surface area contributed by atoms with Crippen LogP contribution in [0.4, 0.5) is 0 Å². The fourth-order valence-electron chi connectivity index (χ4n) is 8.09. The lowest BCUT2D eigenvalue weighted by Crippen LogP contribution is -2.77. The standard InChI is InChI=1S/C32H51NO6S/c1-8-17-33-18-15-31-26-22-10-11-23(34)27(26)38-28(31)24(12-14-32(31,35)25(33)21-22)39-30(4,5)16-19-37-29(2,3)13-9-20-40(6,7)36/h8,10-11,24-25,28,34-35,40H,1,9,12-21H2,2-7H3/t24-,25+,28-,31-,32+/m0/s1. The number of phenols is 1. The zero-order valence-corrected chi connectivity index (χ0v) is 26.3. The Kier molecular flexibility index (Phi) is 7.78. The van der Waals surface area contributed by atoms with Crippen LogP contribution in [0.15, 0.2) is 24.8 Å². The Bertz CT molecular complexity index is 1180. The summed E-state index contributed by atoms with van der Waals surface area (Å²) in [7, 11) is -2.01. The third kappa shape index (κ3) is 5.17. The van der Waals surface area contributed by atoms with Crippen molar-refractivity contribution in [3.05, 3.63) is 35.9 Å². The average Bonchev–Trinajstić information content (AvgIpc) is 3.19. The van der Waals surface area contributed by atoms with Gasteiger partial charge in [0.15, 0.2) is 11.5 Å². The molecule has 5 rings (SSSR count). The molecule has 1 saturated heterocycles. The highest BCUT2D eigenvalue weighted by atomic mass is 32.2. The summed E-state index contributed by atoms with van der Waals surface area (Å²) in [6.07, 6.45) is 10.3. The molecule has 2 heterocycles. The van der Waals surface area contributed by atoms with Gasteiger partial charge in [-0.15, -0.1) is 16.5 Å². The van der Waals surface area contributed by atoms with Crippen LogP contribution < -0.4 is 4.74 Å². The van der Waals surface area contributed by atoms with Crippen molar-refractivity contribution < 1.29 is 28.6 Å². The van der Waals surface area contributed by atoms with Crippen molar-refractivity contribution >= 4 is 9.93 Å². The molecule has 4 aliphatic rings. The lowest BCUT2D eigenvalue weighted by molar-refractivity contribution is -0.231. The van der Waals surface area contributed by atoms with Crippen molar-refractivity contribution in [2.75, 3.05) is 38.0 Å². The zero-order chi connectivity index (χ0) is 29.1. The minimum atomic E-state index is -2.01. The summed E-state index contributed by atoms with van der Waals surface area (Å²) in [5.41, 5.74) is -0.135. The second-order valence-electron chi connectivity index (χ2n) is 14.3.